The number of H-pyrrole nitrogens is 1. The van der Waals surface area contributed by atoms with Crippen LogP contribution in [0.3, 0.4) is 0 Å². The lowest BCUT2D eigenvalue weighted by atomic mass is 10.1. The van der Waals surface area contributed by atoms with Gasteiger partial charge in [-0.15, -0.1) is 0 Å². The number of hydrazine groups is 1. The van der Waals surface area contributed by atoms with Crippen LogP contribution in [-0.4, -0.2) is 27.9 Å². The first kappa shape index (κ1) is 13.2. The third-order valence-corrected chi connectivity index (χ3v) is 2.64. The van der Waals surface area contributed by atoms with E-state index in [1.165, 1.54) is 11.1 Å². The molecule has 6 heteroatoms. The number of rotatable bonds is 2. The monoisotopic (exact) mass is 259 g/mol. The summed E-state index contributed by atoms with van der Waals surface area (Å²) in [7, 11) is 0. The lowest BCUT2D eigenvalue weighted by molar-refractivity contribution is -0.119. The van der Waals surface area contributed by atoms with Crippen molar-refractivity contribution in [1.82, 2.24) is 26.3 Å². The summed E-state index contributed by atoms with van der Waals surface area (Å²) >= 11 is 0. The molecule has 3 rings (SSSR count). The molecule has 6 nitrogen and oxygen atoms in total. The smallest absolute Gasteiger partial charge is 0.235 e. The summed E-state index contributed by atoms with van der Waals surface area (Å²) in [5, 5.41) is 10.4. The highest BCUT2D eigenvalue weighted by Gasteiger charge is 2.04. The van der Waals surface area contributed by atoms with Crippen LogP contribution in [0.2, 0.25) is 0 Å². The Morgan fingerprint density at radius 1 is 1.37 bits per heavy atom. The summed E-state index contributed by atoms with van der Waals surface area (Å²) in [5.41, 5.74) is 8.63. The maximum atomic E-state index is 10.1. The lowest BCUT2D eigenvalue weighted by Gasteiger charge is -1.98. The number of aromatic nitrogens is 3. The minimum absolute atomic E-state index is 0.0926. The van der Waals surface area contributed by atoms with Gasteiger partial charge in [-0.1, -0.05) is 29.8 Å². The van der Waals surface area contributed by atoms with Gasteiger partial charge in [-0.25, -0.2) is 5.43 Å². The Labute approximate surface area is 111 Å². The van der Waals surface area contributed by atoms with Gasteiger partial charge < -0.3 is 0 Å². The quantitative estimate of drug-likeness (QED) is 0.742. The van der Waals surface area contributed by atoms with Crippen molar-refractivity contribution in [2.45, 2.75) is 19.8 Å². The van der Waals surface area contributed by atoms with E-state index in [9.17, 15) is 4.79 Å². The van der Waals surface area contributed by atoms with E-state index in [0.717, 1.165) is 18.7 Å². The fourth-order valence-corrected chi connectivity index (χ4v) is 1.74. The Morgan fingerprint density at radius 3 is 2.79 bits per heavy atom. The number of aryl methyl sites for hydroxylation is 1. The lowest BCUT2D eigenvalue weighted by Crippen LogP contribution is -2.25. The van der Waals surface area contributed by atoms with Crippen molar-refractivity contribution in [2.24, 2.45) is 0 Å². The molecule has 0 spiro atoms. The zero-order valence-corrected chi connectivity index (χ0v) is 10.8. The van der Waals surface area contributed by atoms with Crippen molar-refractivity contribution < 1.29 is 4.79 Å². The number of carbonyl (C=O) groups is 1. The van der Waals surface area contributed by atoms with Crippen molar-refractivity contribution in [3.63, 3.8) is 0 Å². The van der Waals surface area contributed by atoms with Gasteiger partial charge in [0.25, 0.3) is 0 Å². The van der Waals surface area contributed by atoms with Gasteiger partial charge in [-0.2, -0.15) is 15.4 Å². The van der Waals surface area contributed by atoms with E-state index in [0.29, 0.717) is 6.42 Å². The topological polar surface area (TPSA) is 82.7 Å². The molecule has 1 aromatic heterocycles. The summed E-state index contributed by atoms with van der Waals surface area (Å²) in [5.74, 6) is 0.0926. The van der Waals surface area contributed by atoms with Crippen LogP contribution in [0.1, 0.15) is 23.2 Å². The van der Waals surface area contributed by atoms with Gasteiger partial charge in [0.1, 0.15) is 0 Å². The van der Waals surface area contributed by atoms with Crippen LogP contribution in [0.5, 0.6) is 0 Å². The van der Waals surface area contributed by atoms with Gasteiger partial charge in [0, 0.05) is 19.4 Å². The fraction of sp³-hybridized carbons (Fsp3) is 0.308. The maximum Gasteiger partial charge on any atom is 0.235 e. The number of nitrogens with one attached hydrogen (secondary N) is 3. The molecule has 1 aliphatic heterocycles. The number of nitrogens with zero attached hydrogens (tertiary/aromatic N) is 2. The van der Waals surface area contributed by atoms with Crippen molar-refractivity contribution in [2.75, 3.05) is 6.54 Å². The number of hydrogen-bond donors (Lipinski definition) is 3. The van der Waals surface area contributed by atoms with Gasteiger partial charge in [-0.05, 0) is 12.5 Å². The summed E-state index contributed by atoms with van der Waals surface area (Å²) in [6, 6.07) is 8.41. The van der Waals surface area contributed by atoms with Gasteiger partial charge in [0.2, 0.25) is 5.91 Å². The first-order valence-electron chi connectivity index (χ1n) is 6.16. The van der Waals surface area contributed by atoms with Crippen LogP contribution in [0.4, 0.5) is 0 Å². The van der Waals surface area contributed by atoms with Crippen LogP contribution >= 0.6 is 0 Å². The van der Waals surface area contributed by atoms with Crippen molar-refractivity contribution in [1.29, 1.82) is 0 Å². The third-order valence-electron chi connectivity index (χ3n) is 2.64. The molecule has 0 aliphatic carbocycles. The Hall–Kier alpha value is -2.21. The predicted octanol–water partition coefficient (Wildman–Crippen LogP) is 0.715. The van der Waals surface area contributed by atoms with E-state index in [4.69, 9.17) is 0 Å². The summed E-state index contributed by atoms with van der Waals surface area (Å²) < 4.78 is 0. The summed E-state index contributed by atoms with van der Waals surface area (Å²) in [4.78, 5) is 10.1. The molecule has 1 aromatic carbocycles. The van der Waals surface area contributed by atoms with Crippen molar-refractivity contribution in [3.8, 4) is 0 Å². The summed E-state index contributed by atoms with van der Waals surface area (Å²) in [6.45, 7) is 2.87. The van der Waals surface area contributed by atoms with Gasteiger partial charge in [0.05, 0.1) is 11.9 Å². The predicted molar refractivity (Wildman–Crippen MR) is 71.1 cm³/mol. The van der Waals surface area contributed by atoms with E-state index in [1.54, 1.807) is 6.20 Å². The first-order chi connectivity index (χ1) is 9.24. The molecular formula is C13H17N5O. The molecule has 3 N–H and O–H groups in total. The molecule has 2 aromatic rings. The molecule has 0 unspecified atom stereocenters. The molecule has 1 saturated heterocycles. The normalized spacial score (nSPS) is 13.6. The molecule has 0 bridgehead atoms. The van der Waals surface area contributed by atoms with Crippen molar-refractivity contribution in [3.05, 3.63) is 47.3 Å². The summed E-state index contributed by atoms with van der Waals surface area (Å²) in [6.07, 6.45) is 3.22. The Bertz CT molecular complexity index is 516. The van der Waals surface area contributed by atoms with Crippen LogP contribution in [0.25, 0.3) is 0 Å². The van der Waals surface area contributed by atoms with Crippen LogP contribution in [-0.2, 0) is 11.2 Å². The molecule has 0 saturated carbocycles. The second-order valence-electron chi connectivity index (χ2n) is 4.35. The first-order valence-corrected chi connectivity index (χ1v) is 6.16. The average molecular weight is 259 g/mol. The molecule has 0 atom stereocenters. The van der Waals surface area contributed by atoms with E-state index >= 15 is 0 Å². The Morgan fingerprint density at radius 2 is 2.26 bits per heavy atom. The molecule has 2 heterocycles. The average Bonchev–Trinajstić information content (AvgIpc) is 3.04. The van der Waals surface area contributed by atoms with E-state index in [1.807, 2.05) is 0 Å². The van der Waals surface area contributed by atoms with Crippen molar-refractivity contribution >= 4 is 5.91 Å². The van der Waals surface area contributed by atoms with Crippen LogP contribution in [0.15, 0.2) is 30.5 Å². The number of amides is 1. The highest BCUT2D eigenvalue weighted by atomic mass is 16.2. The van der Waals surface area contributed by atoms with Crippen LogP contribution < -0.4 is 10.9 Å². The Balaban J connectivity index is 0.000000186. The molecule has 100 valence electrons. The largest absolute Gasteiger partial charge is 0.292 e. The number of hydrogen-bond acceptors (Lipinski definition) is 4. The Kier molecular flexibility index (Phi) is 4.63. The standard InChI is InChI=1S/C10H11N3.C3H6N2O/c1-8-3-2-4-9(5-8)6-10-7-11-13-12-10;6-3-1-2-4-5-3/h2-5,7H,6H2,1H3,(H,11,12,13);4H,1-2H2,(H,5,6). The van der Waals surface area contributed by atoms with E-state index < -0.39 is 0 Å². The van der Waals surface area contributed by atoms with Gasteiger partial charge in [-0.3, -0.25) is 10.2 Å². The minimum atomic E-state index is 0.0926. The molecule has 1 amide bonds. The molecule has 19 heavy (non-hydrogen) atoms. The zero-order chi connectivity index (χ0) is 13.5. The van der Waals surface area contributed by atoms with Crippen LogP contribution in [0, 0.1) is 6.92 Å². The highest BCUT2D eigenvalue weighted by molar-refractivity contribution is 5.77. The molecule has 1 fully saturated rings. The number of carbonyl (C=O) groups excluding carboxylic acids is 1. The zero-order valence-electron chi connectivity index (χ0n) is 10.8. The van der Waals surface area contributed by atoms with Gasteiger partial charge >= 0.3 is 0 Å². The van der Waals surface area contributed by atoms with E-state index in [2.05, 4.69) is 57.5 Å². The highest BCUT2D eigenvalue weighted by Crippen LogP contribution is 2.07. The number of aromatic amines is 1. The molecule has 1 aliphatic rings. The van der Waals surface area contributed by atoms with Gasteiger partial charge in [0.15, 0.2) is 0 Å². The fourth-order valence-electron chi connectivity index (χ4n) is 1.74. The second-order valence-corrected chi connectivity index (χ2v) is 4.35. The third kappa shape index (κ3) is 4.51. The molecule has 0 radical (unpaired) electrons. The maximum absolute atomic E-state index is 10.1. The second kappa shape index (κ2) is 6.65. The number of benzene rings is 1. The van der Waals surface area contributed by atoms with E-state index in [-0.39, 0.29) is 5.91 Å². The minimum Gasteiger partial charge on any atom is -0.292 e. The SMILES string of the molecule is Cc1cccc(Cc2cn[nH]n2)c1.O=C1CCNN1. The molecular weight excluding hydrogens is 242 g/mol.